The summed E-state index contributed by atoms with van der Waals surface area (Å²) in [5.41, 5.74) is 1.32. The number of amides is 1. The summed E-state index contributed by atoms with van der Waals surface area (Å²) >= 11 is 0. The zero-order chi connectivity index (χ0) is 18.2. The van der Waals surface area contributed by atoms with Gasteiger partial charge in [0, 0.05) is 26.3 Å². The van der Waals surface area contributed by atoms with Gasteiger partial charge in [-0.1, -0.05) is 0 Å². The normalized spacial score (nSPS) is 18.4. The highest BCUT2D eigenvalue weighted by Crippen LogP contribution is 2.26. The zero-order valence-corrected chi connectivity index (χ0v) is 14.8. The standard InChI is InChI=1S/C16H19FN4O3S/c1-11-15(10-20(2)19-11)18-16(22)12-7-8-21(9-12)25(23,24)14-5-3-13(17)4-6-14/h3-6,10,12H,7-9H2,1-2H3,(H,18,22). The number of hydrogen-bond donors (Lipinski definition) is 1. The molecule has 1 aliphatic heterocycles. The Morgan fingerprint density at radius 2 is 2.00 bits per heavy atom. The summed E-state index contributed by atoms with van der Waals surface area (Å²) in [6.45, 7) is 2.14. The van der Waals surface area contributed by atoms with Gasteiger partial charge in [-0.05, 0) is 37.6 Å². The number of hydrogen-bond acceptors (Lipinski definition) is 4. The van der Waals surface area contributed by atoms with Gasteiger partial charge in [-0.15, -0.1) is 0 Å². The number of halogens is 1. The second kappa shape index (κ2) is 6.57. The van der Waals surface area contributed by atoms with Crippen LogP contribution in [0.1, 0.15) is 12.1 Å². The fraction of sp³-hybridized carbons (Fsp3) is 0.375. The fourth-order valence-electron chi connectivity index (χ4n) is 2.87. The molecule has 25 heavy (non-hydrogen) atoms. The van der Waals surface area contributed by atoms with Crippen LogP contribution in [-0.2, 0) is 21.9 Å². The van der Waals surface area contributed by atoms with E-state index in [-0.39, 0.29) is 23.9 Å². The third-order valence-electron chi connectivity index (χ3n) is 4.24. The van der Waals surface area contributed by atoms with E-state index in [4.69, 9.17) is 0 Å². The van der Waals surface area contributed by atoms with Crippen molar-refractivity contribution in [1.82, 2.24) is 14.1 Å². The first-order chi connectivity index (χ1) is 11.8. The molecule has 0 radical (unpaired) electrons. The van der Waals surface area contributed by atoms with E-state index in [2.05, 4.69) is 10.4 Å². The quantitative estimate of drug-likeness (QED) is 0.889. The molecule has 1 aromatic heterocycles. The van der Waals surface area contributed by atoms with Crippen LogP contribution >= 0.6 is 0 Å². The molecule has 1 unspecified atom stereocenters. The minimum atomic E-state index is -3.73. The maximum atomic E-state index is 13.0. The van der Waals surface area contributed by atoms with Crippen molar-refractivity contribution in [3.05, 3.63) is 42.0 Å². The molecule has 0 spiro atoms. The first-order valence-corrected chi connectivity index (χ1v) is 9.28. The van der Waals surface area contributed by atoms with Gasteiger partial charge in [0.1, 0.15) is 5.82 Å². The van der Waals surface area contributed by atoms with E-state index >= 15 is 0 Å². The molecule has 1 fully saturated rings. The van der Waals surface area contributed by atoms with E-state index < -0.39 is 21.8 Å². The van der Waals surface area contributed by atoms with Gasteiger partial charge in [-0.2, -0.15) is 9.40 Å². The molecular weight excluding hydrogens is 347 g/mol. The fourth-order valence-corrected chi connectivity index (χ4v) is 4.37. The van der Waals surface area contributed by atoms with Gasteiger partial charge < -0.3 is 5.32 Å². The minimum absolute atomic E-state index is 0.0260. The van der Waals surface area contributed by atoms with Crippen molar-refractivity contribution in [3.63, 3.8) is 0 Å². The number of nitrogens with one attached hydrogen (secondary N) is 1. The van der Waals surface area contributed by atoms with E-state index in [1.807, 2.05) is 0 Å². The monoisotopic (exact) mass is 366 g/mol. The highest BCUT2D eigenvalue weighted by molar-refractivity contribution is 7.89. The van der Waals surface area contributed by atoms with Gasteiger partial charge >= 0.3 is 0 Å². The lowest BCUT2D eigenvalue weighted by Gasteiger charge is -2.16. The van der Waals surface area contributed by atoms with Crippen molar-refractivity contribution in [3.8, 4) is 0 Å². The van der Waals surface area contributed by atoms with E-state index in [1.165, 1.54) is 16.4 Å². The van der Waals surface area contributed by atoms with Crippen molar-refractivity contribution in [1.29, 1.82) is 0 Å². The molecule has 1 atom stereocenters. The molecule has 2 aromatic rings. The zero-order valence-electron chi connectivity index (χ0n) is 13.9. The predicted molar refractivity (Wildman–Crippen MR) is 89.8 cm³/mol. The molecule has 2 heterocycles. The van der Waals surface area contributed by atoms with Crippen molar-refractivity contribution in [2.45, 2.75) is 18.2 Å². The third kappa shape index (κ3) is 3.57. The van der Waals surface area contributed by atoms with Gasteiger partial charge in [0.15, 0.2) is 0 Å². The van der Waals surface area contributed by atoms with E-state index in [9.17, 15) is 17.6 Å². The highest BCUT2D eigenvalue weighted by Gasteiger charge is 2.36. The van der Waals surface area contributed by atoms with Crippen LogP contribution in [0, 0.1) is 18.7 Å². The van der Waals surface area contributed by atoms with Gasteiger partial charge in [0.2, 0.25) is 15.9 Å². The van der Waals surface area contributed by atoms with E-state index in [0.717, 1.165) is 12.1 Å². The molecular formula is C16H19FN4O3S. The third-order valence-corrected chi connectivity index (χ3v) is 6.12. The lowest BCUT2D eigenvalue weighted by atomic mass is 10.1. The Hall–Kier alpha value is -2.26. The van der Waals surface area contributed by atoms with Crippen molar-refractivity contribution < 1.29 is 17.6 Å². The van der Waals surface area contributed by atoms with E-state index in [1.54, 1.807) is 24.9 Å². The number of benzene rings is 1. The second-order valence-electron chi connectivity index (χ2n) is 6.09. The summed E-state index contributed by atoms with van der Waals surface area (Å²) in [5.74, 6) is -1.16. The summed E-state index contributed by atoms with van der Waals surface area (Å²) < 4.78 is 41.0. The number of aryl methyl sites for hydroxylation is 2. The summed E-state index contributed by atoms with van der Waals surface area (Å²) in [4.78, 5) is 12.4. The molecule has 134 valence electrons. The van der Waals surface area contributed by atoms with Crippen molar-refractivity contribution >= 4 is 21.6 Å². The van der Waals surface area contributed by atoms with Crippen LogP contribution < -0.4 is 5.32 Å². The lowest BCUT2D eigenvalue weighted by Crippen LogP contribution is -2.31. The summed E-state index contributed by atoms with van der Waals surface area (Å²) in [6.07, 6.45) is 2.14. The second-order valence-corrected chi connectivity index (χ2v) is 8.03. The molecule has 1 aromatic carbocycles. The maximum Gasteiger partial charge on any atom is 0.243 e. The molecule has 7 nitrogen and oxygen atoms in total. The topological polar surface area (TPSA) is 84.3 Å². The average molecular weight is 366 g/mol. The SMILES string of the molecule is Cc1nn(C)cc1NC(=O)C1CCN(S(=O)(=O)c2ccc(F)cc2)C1. The first kappa shape index (κ1) is 17.6. The van der Waals surface area contributed by atoms with Gasteiger partial charge in [0.25, 0.3) is 0 Å². The lowest BCUT2D eigenvalue weighted by molar-refractivity contribution is -0.119. The summed E-state index contributed by atoms with van der Waals surface area (Å²) in [5, 5.41) is 6.96. The van der Waals surface area contributed by atoms with E-state index in [0.29, 0.717) is 17.8 Å². The predicted octanol–water partition coefficient (Wildman–Crippen LogP) is 1.52. The molecule has 1 saturated heterocycles. The van der Waals surface area contributed by atoms with Crippen LogP contribution in [0.15, 0.2) is 35.4 Å². The molecule has 0 bridgehead atoms. The van der Waals surface area contributed by atoms with Crippen molar-refractivity contribution in [2.24, 2.45) is 13.0 Å². The number of sulfonamides is 1. The Morgan fingerprint density at radius 1 is 1.32 bits per heavy atom. The molecule has 1 aliphatic rings. The first-order valence-electron chi connectivity index (χ1n) is 7.84. The minimum Gasteiger partial charge on any atom is -0.323 e. The molecule has 1 N–H and O–H groups in total. The Kier molecular flexibility index (Phi) is 4.61. The largest absolute Gasteiger partial charge is 0.323 e. The molecule has 3 rings (SSSR count). The number of aromatic nitrogens is 2. The summed E-state index contributed by atoms with van der Waals surface area (Å²) in [6, 6.07) is 4.69. The van der Waals surface area contributed by atoms with Crippen LogP contribution in [0.25, 0.3) is 0 Å². The number of carbonyl (C=O) groups excluding carboxylic acids is 1. The molecule has 0 saturated carbocycles. The number of anilines is 1. The molecule has 1 amide bonds. The Labute approximate surface area is 145 Å². The van der Waals surface area contributed by atoms with Crippen LogP contribution in [0.5, 0.6) is 0 Å². The number of nitrogens with zero attached hydrogens (tertiary/aromatic N) is 3. The van der Waals surface area contributed by atoms with Crippen LogP contribution in [0.4, 0.5) is 10.1 Å². The Balaban J connectivity index is 1.69. The van der Waals surface area contributed by atoms with Crippen molar-refractivity contribution in [2.75, 3.05) is 18.4 Å². The number of rotatable bonds is 4. The number of carbonyl (C=O) groups is 1. The van der Waals surface area contributed by atoms with Gasteiger partial charge in [-0.3, -0.25) is 9.48 Å². The smallest absolute Gasteiger partial charge is 0.243 e. The van der Waals surface area contributed by atoms with Crippen LogP contribution in [-0.4, -0.2) is 41.5 Å². The molecule has 9 heteroatoms. The van der Waals surface area contributed by atoms with Gasteiger partial charge in [-0.25, -0.2) is 12.8 Å². The molecule has 0 aliphatic carbocycles. The highest BCUT2D eigenvalue weighted by atomic mass is 32.2. The Bertz CT molecular complexity index is 893. The van der Waals surface area contributed by atoms with Crippen LogP contribution in [0.2, 0.25) is 0 Å². The van der Waals surface area contributed by atoms with Gasteiger partial charge in [0.05, 0.1) is 22.2 Å². The Morgan fingerprint density at radius 3 is 2.60 bits per heavy atom. The average Bonchev–Trinajstić information content (AvgIpc) is 3.15. The summed E-state index contributed by atoms with van der Waals surface area (Å²) in [7, 11) is -1.97. The maximum absolute atomic E-state index is 13.0. The van der Waals surface area contributed by atoms with Crippen LogP contribution in [0.3, 0.4) is 0 Å².